The number of anilines is 6. The summed E-state index contributed by atoms with van der Waals surface area (Å²) in [6.07, 6.45) is 3.23. The van der Waals surface area contributed by atoms with E-state index in [0.717, 1.165) is 11.3 Å². The number of carbonyl (C=O) groups is 1. The number of hydrogen-bond donors (Lipinski definition) is 3. The molecule has 0 bridgehead atoms. The van der Waals surface area contributed by atoms with Gasteiger partial charge in [0.2, 0.25) is 5.95 Å². The first-order valence-electron chi connectivity index (χ1n) is 9.44. The van der Waals surface area contributed by atoms with E-state index in [2.05, 4.69) is 25.5 Å². The minimum absolute atomic E-state index is 0.240. The number of carbonyl (C=O) groups excluding carboxylic acids is 1. The lowest BCUT2D eigenvalue weighted by Crippen LogP contribution is -2.45. The van der Waals surface area contributed by atoms with Gasteiger partial charge in [0.05, 0.1) is 24.1 Å². The van der Waals surface area contributed by atoms with Crippen molar-refractivity contribution in [2.45, 2.75) is 6.54 Å². The summed E-state index contributed by atoms with van der Waals surface area (Å²) < 4.78 is 0. The van der Waals surface area contributed by atoms with E-state index in [0.29, 0.717) is 34.6 Å². The highest BCUT2D eigenvalue weighted by Crippen LogP contribution is 2.36. The molecule has 2 aromatic carbocycles. The average molecular weight is 433 g/mol. The molecule has 0 saturated heterocycles. The van der Waals surface area contributed by atoms with E-state index in [1.54, 1.807) is 29.3 Å². The van der Waals surface area contributed by atoms with Gasteiger partial charge >= 0.3 is 6.03 Å². The Bertz CT molecular complexity index is 1260. The van der Waals surface area contributed by atoms with Crippen molar-refractivity contribution in [2.75, 3.05) is 20.9 Å². The van der Waals surface area contributed by atoms with Gasteiger partial charge in [0.25, 0.3) is 0 Å². The SMILES string of the molecule is Nc1cccc(N2C(=O)N(c3ccccc3)Cc3cnc(Nc4cn[nH]c4Cl)nc32)c1. The van der Waals surface area contributed by atoms with Crippen LogP contribution >= 0.6 is 11.6 Å². The van der Waals surface area contributed by atoms with E-state index in [1.807, 2.05) is 36.4 Å². The number of fused-ring (bicyclic) bond motifs is 1. The lowest BCUT2D eigenvalue weighted by molar-refractivity contribution is 0.252. The first-order chi connectivity index (χ1) is 15.1. The van der Waals surface area contributed by atoms with Crippen molar-refractivity contribution in [3.8, 4) is 0 Å². The van der Waals surface area contributed by atoms with Gasteiger partial charge in [0.1, 0.15) is 5.15 Å². The fourth-order valence-electron chi connectivity index (χ4n) is 3.40. The lowest BCUT2D eigenvalue weighted by Gasteiger charge is -2.36. The number of amides is 2. The summed E-state index contributed by atoms with van der Waals surface area (Å²) in [5.74, 6) is 0.761. The Hall–Kier alpha value is -4.11. The van der Waals surface area contributed by atoms with Crippen molar-refractivity contribution in [1.29, 1.82) is 0 Å². The van der Waals surface area contributed by atoms with Gasteiger partial charge in [-0.05, 0) is 30.3 Å². The quantitative estimate of drug-likeness (QED) is 0.410. The minimum atomic E-state index is -0.240. The minimum Gasteiger partial charge on any atom is -0.399 e. The maximum Gasteiger partial charge on any atom is 0.335 e. The first-order valence-corrected chi connectivity index (χ1v) is 9.82. The molecule has 9 nitrogen and oxygen atoms in total. The molecule has 0 fully saturated rings. The number of halogens is 1. The van der Waals surface area contributed by atoms with Gasteiger partial charge in [-0.3, -0.25) is 10.00 Å². The van der Waals surface area contributed by atoms with Gasteiger partial charge in [-0.25, -0.2) is 14.7 Å². The normalized spacial score (nSPS) is 13.3. The van der Waals surface area contributed by atoms with Crippen LogP contribution in [0.2, 0.25) is 5.15 Å². The van der Waals surface area contributed by atoms with Gasteiger partial charge in [0.15, 0.2) is 5.82 Å². The van der Waals surface area contributed by atoms with Gasteiger partial charge < -0.3 is 11.1 Å². The molecule has 10 heteroatoms. The molecule has 154 valence electrons. The highest BCUT2D eigenvalue weighted by molar-refractivity contribution is 6.32. The Balaban J connectivity index is 1.61. The predicted molar refractivity (Wildman–Crippen MR) is 120 cm³/mol. The highest BCUT2D eigenvalue weighted by atomic mass is 35.5. The van der Waals surface area contributed by atoms with Crippen LogP contribution in [0.3, 0.4) is 0 Å². The van der Waals surface area contributed by atoms with Gasteiger partial charge in [-0.1, -0.05) is 35.9 Å². The van der Waals surface area contributed by atoms with E-state index in [4.69, 9.17) is 17.3 Å². The van der Waals surface area contributed by atoms with E-state index in [1.165, 1.54) is 11.1 Å². The monoisotopic (exact) mass is 432 g/mol. The molecule has 4 aromatic rings. The zero-order valence-electron chi connectivity index (χ0n) is 16.2. The summed E-state index contributed by atoms with van der Waals surface area (Å²) in [6, 6.07) is 16.3. The molecule has 1 aliphatic heterocycles. The van der Waals surface area contributed by atoms with Crippen LogP contribution in [-0.2, 0) is 6.54 Å². The fourth-order valence-corrected chi connectivity index (χ4v) is 3.54. The van der Waals surface area contributed by atoms with Crippen LogP contribution in [0.1, 0.15) is 5.56 Å². The average Bonchev–Trinajstić information content (AvgIpc) is 3.18. The molecule has 2 aromatic heterocycles. The molecular formula is C21H17ClN8O. The van der Waals surface area contributed by atoms with Gasteiger partial charge in [0, 0.05) is 23.1 Å². The standard InChI is InChI=1S/C21H17ClN8O/c22-18-17(11-25-28-18)26-20-24-10-13-12-29(15-6-2-1-3-7-15)21(31)30(19(13)27-20)16-8-4-5-14(23)9-16/h1-11H,12,23H2,(H,25,28)(H,24,26,27). The van der Waals surface area contributed by atoms with E-state index < -0.39 is 0 Å². The molecule has 2 amide bonds. The van der Waals surface area contributed by atoms with Crippen LogP contribution in [0.25, 0.3) is 0 Å². The second-order valence-electron chi connectivity index (χ2n) is 6.90. The molecule has 0 spiro atoms. The van der Waals surface area contributed by atoms with Gasteiger partial charge in [-0.2, -0.15) is 10.1 Å². The van der Waals surface area contributed by atoms with Gasteiger partial charge in [-0.15, -0.1) is 0 Å². The van der Waals surface area contributed by atoms with Crippen LogP contribution in [-0.4, -0.2) is 26.2 Å². The Morgan fingerprint density at radius 2 is 1.87 bits per heavy atom. The number of hydrogen-bond acceptors (Lipinski definition) is 6. The van der Waals surface area contributed by atoms with E-state index in [9.17, 15) is 4.79 Å². The van der Waals surface area contributed by atoms with Crippen molar-refractivity contribution in [1.82, 2.24) is 20.2 Å². The van der Waals surface area contributed by atoms with Crippen molar-refractivity contribution in [2.24, 2.45) is 0 Å². The van der Waals surface area contributed by atoms with E-state index >= 15 is 0 Å². The van der Waals surface area contributed by atoms with Crippen molar-refractivity contribution in [3.05, 3.63) is 77.7 Å². The lowest BCUT2D eigenvalue weighted by atomic mass is 10.1. The third-order valence-corrected chi connectivity index (χ3v) is 5.13. The third kappa shape index (κ3) is 3.51. The van der Waals surface area contributed by atoms with Crippen molar-refractivity contribution < 1.29 is 4.79 Å². The number of para-hydroxylation sites is 1. The summed E-state index contributed by atoms with van der Waals surface area (Å²) in [7, 11) is 0. The topological polar surface area (TPSA) is 116 Å². The highest BCUT2D eigenvalue weighted by Gasteiger charge is 2.34. The number of benzene rings is 2. The predicted octanol–water partition coefficient (Wildman–Crippen LogP) is 4.46. The third-order valence-electron chi connectivity index (χ3n) is 4.84. The van der Waals surface area contributed by atoms with Crippen LogP contribution in [0.5, 0.6) is 0 Å². The number of aromatic nitrogens is 4. The summed E-state index contributed by atoms with van der Waals surface area (Å²) in [5, 5.41) is 9.86. The number of nitrogens with one attached hydrogen (secondary N) is 2. The zero-order valence-corrected chi connectivity index (χ0v) is 16.9. The molecule has 4 N–H and O–H groups in total. The maximum atomic E-state index is 13.6. The molecule has 31 heavy (non-hydrogen) atoms. The number of aromatic amines is 1. The summed E-state index contributed by atoms with van der Waals surface area (Å²) in [4.78, 5) is 25.8. The number of nitrogens with two attached hydrogens (primary N) is 1. The molecule has 0 saturated carbocycles. The summed E-state index contributed by atoms with van der Waals surface area (Å²) in [6.45, 7) is 0.337. The van der Waals surface area contributed by atoms with Crippen LogP contribution < -0.4 is 20.9 Å². The fraction of sp³-hybridized carbons (Fsp3) is 0.0476. The Morgan fingerprint density at radius 1 is 1.06 bits per heavy atom. The van der Waals surface area contributed by atoms with Crippen LogP contribution in [0.15, 0.2) is 67.0 Å². The van der Waals surface area contributed by atoms with Crippen LogP contribution in [0, 0.1) is 0 Å². The molecule has 0 unspecified atom stereocenters. The van der Waals surface area contributed by atoms with Crippen molar-refractivity contribution >= 4 is 52.1 Å². The Labute approximate surface area is 182 Å². The number of nitrogen functional groups attached to an aromatic ring is 1. The first kappa shape index (κ1) is 18.9. The Kier molecular flexibility index (Phi) is 4.64. The molecular weight excluding hydrogens is 416 g/mol. The number of H-pyrrole nitrogens is 1. The van der Waals surface area contributed by atoms with Crippen LogP contribution in [0.4, 0.5) is 39.3 Å². The summed E-state index contributed by atoms with van der Waals surface area (Å²) >= 11 is 6.06. The number of rotatable bonds is 4. The zero-order chi connectivity index (χ0) is 21.4. The molecule has 0 atom stereocenters. The van der Waals surface area contributed by atoms with E-state index in [-0.39, 0.29) is 12.0 Å². The van der Waals surface area contributed by atoms with Crippen molar-refractivity contribution in [3.63, 3.8) is 0 Å². The number of nitrogens with zero attached hydrogens (tertiary/aromatic N) is 5. The maximum absolute atomic E-state index is 13.6. The smallest absolute Gasteiger partial charge is 0.335 e. The molecule has 0 aliphatic carbocycles. The molecule has 3 heterocycles. The molecule has 0 radical (unpaired) electrons. The largest absolute Gasteiger partial charge is 0.399 e. The second-order valence-corrected chi connectivity index (χ2v) is 7.28. The molecule has 5 rings (SSSR count). The molecule has 1 aliphatic rings. The summed E-state index contributed by atoms with van der Waals surface area (Å²) in [5.41, 5.74) is 9.24. The second kappa shape index (κ2) is 7.62. The number of urea groups is 1. The Morgan fingerprint density at radius 3 is 2.61 bits per heavy atom.